The van der Waals surface area contributed by atoms with Crippen molar-refractivity contribution in [1.82, 2.24) is 5.32 Å². The molecule has 1 aromatic carbocycles. The molecule has 0 aliphatic rings. The van der Waals surface area contributed by atoms with Gasteiger partial charge in [-0.3, -0.25) is 0 Å². The van der Waals surface area contributed by atoms with Crippen molar-refractivity contribution >= 4 is 0 Å². The molecule has 1 rings (SSSR count). The molecule has 0 radical (unpaired) electrons. The molecule has 0 heterocycles. The average Bonchev–Trinajstić information content (AvgIpc) is 1.85. The summed E-state index contributed by atoms with van der Waals surface area (Å²) in [6, 6.07) is 3.47. The summed E-state index contributed by atoms with van der Waals surface area (Å²) in [4.78, 5) is 0. The van der Waals surface area contributed by atoms with Crippen LogP contribution in [0.5, 0.6) is 0 Å². The zero-order valence-corrected chi connectivity index (χ0v) is 6.20. The Balaban J connectivity index is 0.00000121. The molecule has 0 saturated heterocycles. The molecule has 0 aromatic heterocycles. The van der Waals surface area contributed by atoms with Gasteiger partial charge in [0.25, 0.3) is 0 Å². The molecule has 0 aliphatic carbocycles. The second-order valence-corrected chi connectivity index (χ2v) is 2.31. The summed E-state index contributed by atoms with van der Waals surface area (Å²) >= 11 is 0. The summed E-state index contributed by atoms with van der Waals surface area (Å²) < 4.78 is 25.0. The summed E-state index contributed by atoms with van der Waals surface area (Å²) in [7, 11) is 1.73. The van der Waals surface area contributed by atoms with Crippen LogP contribution in [-0.4, -0.2) is 7.05 Å². The van der Waals surface area contributed by atoms with E-state index in [9.17, 15) is 8.78 Å². The topological polar surface area (TPSA) is 12.0 Å². The highest BCUT2D eigenvalue weighted by Gasteiger charge is 1.98. The lowest BCUT2D eigenvalue weighted by atomic mass is 10.2. The summed E-state index contributed by atoms with van der Waals surface area (Å²) in [6.45, 7) is 0.481. The van der Waals surface area contributed by atoms with Crippen LogP contribution in [0.2, 0.25) is 0 Å². The van der Waals surface area contributed by atoms with Crippen LogP contribution in [0.3, 0.4) is 0 Å². The maximum absolute atomic E-state index is 12.5. The van der Waals surface area contributed by atoms with E-state index < -0.39 is 11.6 Å². The van der Waals surface area contributed by atoms with E-state index in [0.29, 0.717) is 12.1 Å². The highest BCUT2D eigenvalue weighted by atomic mass is 19.1. The van der Waals surface area contributed by atoms with E-state index >= 15 is 0 Å². The molecule has 3 heteroatoms. The summed E-state index contributed by atoms with van der Waals surface area (Å²) in [5, 5.41) is 2.81. The van der Waals surface area contributed by atoms with E-state index in [1.54, 1.807) is 7.05 Å². The average molecular weight is 159 g/mol. The fourth-order valence-corrected chi connectivity index (χ4v) is 0.917. The predicted octanol–water partition coefficient (Wildman–Crippen LogP) is 1.93. The number of halogens is 2. The van der Waals surface area contributed by atoms with E-state index in [0.717, 1.165) is 6.07 Å². The van der Waals surface area contributed by atoms with E-state index in [1.807, 2.05) is 0 Å². The fourth-order valence-electron chi connectivity index (χ4n) is 0.917. The smallest absolute Gasteiger partial charge is 0.126 e. The molecule has 0 spiro atoms. The van der Waals surface area contributed by atoms with Crippen LogP contribution in [-0.2, 0) is 6.54 Å². The van der Waals surface area contributed by atoms with Gasteiger partial charge in [0.05, 0.1) is 0 Å². The lowest BCUT2D eigenvalue weighted by Gasteiger charge is -1.99. The molecule has 1 N–H and O–H groups in total. The van der Waals surface area contributed by atoms with Crippen LogP contribution in [0.1, 0.15) is 6.99 Å². The molecule has 0 bridgehead atoms. The molecule has 62 valence electrons. The van der Waals surface area contributed by atoms with E-state index in [1.165, 1.54) is 12.1 Å². The third kappa shape index (κ3) is 2.27. The quantitative estimate of drug-likeness (QED) is 0.695. The Morgan fingerprint density at radius 3 is 2.27 bits per heavy atom. The molecule has 0 fully saturated rings. The minimum Gasteiger partial charge on any atom is -0.316 e. The molecular weight excluding hydrogens is 148 g/mol. The molecule has 0 atom stereocenters. The molecular formula is C8H11F2N. The molecule has 1 aromatic rings. The second kappa shape index (κ2) is 3.44. The van der Waals surface area contributed by atoms with E-state index in [2.05, 4.69) is 5.32 Å². The number of benzene rings is 1. The van der Waals surface area contributed by atoms with Crippen LogP contribution >= 0.6 is 0 Å². The van der Waals surface area contributed by atoms with Crippen LogP contribution in [0.15, 0.2) is 18.2 Å². The first kappa shape index (κ1) is 8.14. The number of hydrogen-bond acceptors (Lipinski definition) is 1. The Kier molecular flexibility index (Phi) is 2.54. The van der Waals surface area contributed by atoms with Gasteiger partial charge in [0.15, 0.2) is 0 Å². The van der Waals surface area contributed by atoms with Gasteiger partial charge < -0.3 is 5.32 Å². The molecule has 0 saturated carbocycles. The van der Waals surface area contributed by atoms with Crippen LogP contribution in [0.25, 0.3) is 0 Å². The monoisotopic (exact) mass is 159 g/mol. The number of rotatable bonds is 2. The van der Waals surface area contributed by atoms with Crippen molar-refractivity contribution in [2.75, 3.05) is 7.05 Å². The van der Waals surface area contributed by atoms with Gasteiger partial charge in [0.1, 0.15) is 11.6 Å². The van der Waals surface area contributed by atoms with Crippen LogP contribution in [0, 0.1) is 11.6 Å². The first-order valence-corrected chi connectivity index (χ1v) is 3.32. The van der Waals surface area contributed by atoms with Gasteiger partial charge in [0.2, 0.25) is 0 Å². The summed E-state index contributed by atoms with van der Waals surface area (Å²) in [6.07, 6.45) is 0. The predicted molar refractivity (Wildman–Crippen MR) is 41.2 cm³/mol. The Bertz CT molecular complexity index is 233. The zero-order chi connectivity index (χ0) is 8.27. The van der Waals surface area contributed by atoms with Crippen molar-refractivity contribution in [2.45, 2.75) is 6.54 Å². The van der Waals surface area contributed by atoms with Crippen LogP contribution < -0.4 is 5.32 Å². The maximum Gasteiger partial charge on any atom is 0.126 e. The van der Waals surface area contributed by atoms with E-state index in [-0.39, 0.29) is 1.43 Å². The zero-order valence-electron chi connectivity index (χ0n) is 6.20. The molecule has 1 nitrogen and oxygen atoms in total. The first-order chi connectivity index (χ1) is 5.22. The van der Waals surface area contributed by atoms with Gasteiger partial charge in [-0.25, -0.2) is 8.78 Å². The first-order valence-electron chi connectivity index (χ1n) is 3.32. The van der Waals surface area contributed by atoms with Gasteiger partial charge in [-0.1, -0.05) is 0 Å². The fraction of sp³-hybridized carbons (Fsp3) is 0.250. The lowest BCUT2D eigenvalue weighted by molar-refractivity contribution is 0.578. The third-order valence-corrected chi connectivity index (χ3v) is 1.30. The van der Waals surface area contributed by atoms with Crippen LogP contribution in [0.4, 0.5) is 8.78 Å². The number of nitrogens with one attached hydrogen (secondary N) is 1. The minimum atomic E-state index is -0.532. The SMILES string of the molecule is CNCc1cc(F)cc(F)c1.[HH]. The van der Waals surface area contributed by atoms with Crippen molar-refractivity contribution in [3.8, 4) is 0 Å². The Labute approximate surface area is 65.5 Å². The lowest BCUT2D eigenvalue weighted by Crippen LogP contribution is -2.05. The summed E-state index contributed by atoms with van der Waals surface area (Å²) in [5.41, 5.74) is 0.616. The Hall–Kier alpha value is -0.960. The normalized spacial score (nSPS) is 10.1. The highest BCUT2D eigenvalue weighted by molar-refractivity contribution is 5.17. The molecule has 0 amide bonds. The van der Waals surface area contributed by atoms with Gasteiger partial charge >= 0.3 is 0 Å². The van der Waals surface area contributed by atoms with Crippen molar-refractivity contribution in [2.24, 2.45) is 0 Å². The highest BCUT2D eigenvalue weighted by Crippen LogP contribution is 2.06. The van der Waals surface area contributed by atoms with Crippen molar-refractivity contribution in [1.29, 1.82) is 0 Å². The van der Waals surface area contributed by atoms with Gasteiger partial charge in [-0.2, -0.15) is 0 Å². The van der Waals surface area contributed by atoms with Gasteiger partial charge in [0, 0.05) is 14.0 Å². The van der Waals surface area contributed by atoms with Crippen molar-refractivity contribution in [3.63, 3.8) is 0 Å². The third-order valence-electron chi connectivity index (χ3n) is 1.30. The largest absolute Gasteiger partial charge is 0.316 e. The van der Waals surface area contributed by atoms with Gasteiger partial charge in [-0.05, 0) is 24.7 Å². The molecule has 0 aliphatic heterocycles. The van der Waals surface area contributed by atoms with Gasteiger partial charge in [-0.15, -0.1) is 0 Å². The minimum absolute atomic E-state index is 0. The summed E-state index contributed by atoms with van der Waals surface area (Å²) in [5.74, 6) is -1.06. The van der Waals surface area contributed by atoms with Crippen molar-refractivity contribution in [3.05, 3.63) is 35.4 Å². The second-order valence-electron chi connectivity index (χ2n) is 2.31. The Morgan fingerprint density at radius 1 is 1.27 bits per heavy atom. The van der Waals surface area contributed by atoms with Crippen molar-refractivity contribution < 1.29 is 10.2 Å². The molecule has 0 unspecified atom stereocenters. The van der Waals surface area contributed by atoms with E-state index in [4.69, 9.17) is 0 Å². The molecule has 11 heavy (non-hydrogen) atoms. The Morgan fingerprint density at radius 2 is 1.82 bits per heavy atom. The maximum atomic E-state index is 12.5. The standard InChI is InChI=1S/C8H9F2N.H2/c1-11-5-6-2-7(9)4-8(10)3-6;/h2-4,11H,5H2,1H3;1H. The number of hydrogen-bond donors (Lipinski definition) is 1.